The minimum atomic E-state index is 0.0916. The molecule has 0 atom stereocenters. The molecule has 3 heterocycles. The van der Waals surface area contributed by atoms with Gasteiger partial charge < -0.3 is 5.73 Å². The van der Waals surface area contributed by atoms with Gasteiger partial charge in [-0.3, -0.25) is 4.98 Å². The van der Waals surface area contributed by atoms with Gasteiger partial charge in [-0.05, 0) is 35.9 Å². The van der Waals surface area contributed by atoms with Crippen molar-refractivity contribution in [3.05, 3.63) is 53.2 Å². The van der Waals surface area contributed by atoms with Crippen LogP contribution in [0.3, 0.4) is 0 Å². The van der Waals surface area contributed by atoms with Crippen LogP contribution in [0.1, 0.15) is 0 Å². The highest BCUT2D eigenvalue weighted by atomic mass is 35.5. The van der Waals surface area contributed by atoms with Crippen LogP contribution in [0.5, 0.6) is 0 Å². The first-order chi connectivity index (χ1) is 10.1. The molecule has 0 bridgehead atoms. The number of pyridine rings is 2. The van der Waals surface area contributed by atoms with Crippen molar-refractivity contribution in [1.82, 2.24) is 19.9 Å². The third-order valence-corrected chi connectivity index (χ3v) is 3.29. The fourth-order valence-corrected chi connectivity index (χ4v) is 2.26. The van der Waals surface area contributed by atoms with Crippen LogP contribution in [0.25, 0.3) is 22.6 Å². The molecule has 0 aromatic carbocycles. The van der Waals surface area contributed by atoms with E-state index in [-0.39, 0.29) is 10.4 Å². The van der Waals surface area contributed by atoms with Crippen molar-refractivity contribution >= 4 is 28.9 Å². The summed E-state index contributed by atoms with van der Waals surface area (Å²) in [7, 11) is 0. The first kappa shape index (κ1) is 13.7. The molecular formula is C14H9Cl2N5. The van der Waals surface area contributed by atoms with E-state index in [1.165, 1.54) is 6.20 Å². The van der Waals surface area contributed by atoms with Gasteiger partial charge in [0.2, 0.25) is 5.28 Å². The maximum absolute atomic E-state index is 6.08. The fraction of sp³-hybridized carbons (Fsp3) is 0. The van der Waals surface area contributed by atoms with Gasteiger partial charge in [-0.25, -0.2) is 15.0 Å². The standard InChI is InChI=1S/C14H9Cl2N5/c15-13-8(7-19-14(16)21-13)10-4-1-5-11(20-10)12-9(17)3-2-6-18-12/h1-7H,17H2. The number of hydrogen-bond acceptors (Lipinski definition) is 5. The normalized spacial score (nSPS) is 10.6. The van der Waals surface area contributed by atoms with Crippen LogP contribution < -0.4 is 5.73 Å². The number of halogens is 2. The molecule has 0 aliphatic rings. The van der Waals surface area contributed by atoms with E-state index in [4.69, 9.17) is 28.9 Å². The van der Waals surface area contributed by atoms with Gasteiger partial charge in [-0.1, -0.05) is 17.7 Å². The molecule has 7 heteroatoms. The molecule has 3 rings (SSSR count). The molecule has 0 spiro atoms. The van der Waals surface area contributed by atoms with Crippen molar-refractivity contribution in [2.75, 3.05) is 5.73 Å². The molecular weight excluding hydrogens is 309 g/mol. The van der Waals surface area contributed by atoms with Crippen LogP contribution in [0, 0.1) is 0 Å². The summed E-state index contributed by atoms with van der Waals surface area (Å²) in [5, 5.41) is 0.336. The molecule has 0 aliphatic heterocycles. The lowest BCUT2D eigenvalue weighted by Gasteiger charge is -2.07. The number of hydrogen-bond donors (Lipinski definition) is 1. The Morgan fingerprint density at radius 3 is 2.48 bits per heavy atom. The van der Waals surface area contributed by atoms with Crippen LogP contribution in [0.15, 0.2) is 42.7 Å². The van der Waals surface area contributed by atoms with Crippen molar-refractivity contribution < 1.29 is 0 Å². The summed E-state index contributed by atoms with van der Waals surface area (Å²) in [6.07, 6.45) is 3.20. The monoisotopic (exact) mass is 317 g/mol. The predicted octanol–water partition coefficient (Wildman–Crippen LogP) is 3.49. The zero-order chi connectivity index (χ0) is 14.8. The zero-order valence-electron chi connectivity index (χ0n) is 10.7. The minimum Gasteiger partial charge on any atom is -0.397 e. The van der Waals surface area contributed by atoms with E-state index in [1.54, 1.807) is 24.4 Å². The molecule has 0 saturated heterocycles. The summed E-state index contributed by atoms with van der Waals surface area (Å²) < 4.78 is 0. The fourth-order valence-electron chi connectivity index (χ4n) is 1.86. The molecule has 3 aromatic rings. The number of aromatic nitrogens is 4. The van der Waals surface area contributed by atoms with Gasteiger partial charge in [0.05, 0.1) is 22.6 Å². The third-order valence-electron chi connectivity index (χ3n) is 2.82. The van der Waals surface area contributed by atoms with E-state index in [1.807, 2.05) is 12.1 Å². The van der Waals surface area contributed by atoms with Gasteiger partial charge in [-0.15, -0.1) is 0 Å². The van der Waals surface area contributed by atoms with Crippen molar-refractivity contribution in [2.24, 2.45) is 0 Å². The highest BCUT2D eigenvalue weighted by molar-refractivity contribution is 6.33. The van der Waals surface area contributed by atoms with Gasteiger partial charge in [0.25, 0.3) is 0 Å². The van der Waals surface area contributed by atoms with Crippen LogP contribution in [-0.4, -0.2) is 19.9 Å². The Labute approximate surface area is 130 Å². The maximum Gasteiger partial charge on any atom is 0.223 e. The lowest BCUT2D eigenvalue weighted by atomic mass is 10.1. The lowest BCUT2D eigenvalue weighted by Crippen LogP contribution is -1.96. The summed E-state index contributed by atoms with van der Waals surface area (Å²) in [6.45, 7) is 0. The summed E-state index contributed by atoms with van der Waals surface area (Å²) in [6, 6.07) is 9.02. The van der Waals surface area contributed by atoms with Gasteiger partial charge in [0, 0.05) is 12.4 Å². The summed E-state index contributed by atoms with van der Waals surface area (Å²) in [5.41, 5.74) is 8.96. The first-order valence-corrected chi connectivity index (χ1v) is 6.77. The molecule has 104 valence electrons. The molecule has 0 radical (unpaired) electrons. The number of rotatable bonds is 2. The second-order valence-electron chi connectivity index (χ2n) is 4.19. The average Bonchev–Trinajstić information content (AvgIpc) is 2.48. The Balaban J connectivity index is 2.11. The molecule has 21 heavy (non-hydrogen) atoms. The highest BCUT2D eigenvalue weighted by Crippen LogP contribution is 2.28. The Bertz CT molecular complexity index is 807. The largest absolute Gasteiger partial charge is 0.397 e. The van der Waals surface area contributed by atoms with E-state index < -0.39 is 0 Å². The number of nitrogens with zero attached hydrogens (tertiary/aromatic N) is 4. The zero-order valence-corrected chi connectivity index (χ0v) is 12.2. The Hall–Kier alpha value is -2.24. The molecule has 0 aliphatic carbocycles. The van der Waals surface area contributed by atoms with Crippen LogP contribution in [0.4, 0.5) is 5.69 Å². The van der Waals surface area contributed by atoms with E-state index in [0.29, 0.717) is 28.3 Å². The Morgan fingerprint density at radius 2 is 1.71 bits per heavy atom. The predicted molar refractivity (Wildman–Crippen MR) is 82.9 cm³/mol. The Kier molecular flexibility index (Phi) is 3.68. The van der Waals surface area contributed by atoms with Gasteiger partial charge in [0.1, 0.15) is 10.8 Å². The molecule has 2 N–H and O–H groups in total. The lowest BCUT2D eigenvalue weighted by molar-refractivity contribution is 1.16. The smallest absolute Gasteiger partial charge is 0.223 e. The Morgan fingerprint density at radius 1 is 0.905 bits per heavy atom. The molecule has 3 aromatic heterocycles. The molecule has 0 unspecified atom stereocenters. The number of anilines is 1. The van der Waals surface area contributed by atoms with Crippen molar-refractivity contribution in [2.45, 2.75) is 0 Å². The van der Waals surface area contributed by atoms with Crippen molar-refractivity contribution in [3.8, 4) is 22.6 Å². The van der Waals surface area contributed by atoms with E-state index in [0.717, 1.165) is 0 Å². The molecule has 5 nitrogen and oxygen atoms in total. The van der Waals surface area contributed by atoms with Crippen molar-refractivity contribution in [3.63, 3.8) is 0 Å². The van der Waals surface area contributed by atoms with Crippen LogP contribution in [0.2, 0.25) is 10.4 Å². The second kappa shape index (κ2) is 5.63. The third kappa shape index (κ3) is 2.79. The van der Waals surface area contributed by atoms with Gasteiger partial charge in [-0.2, -0.15) is 0 Å². The number of nitrogen functional groups attached to an aromatic ring is 1. The van der Waals surface area contributed by atoms with E-state index >= 15 is 0 Å². The van der Waals surface area contributed by atoms with Crippen LogP contribution >= 0.6 is 23.2 Å². The average molecular weight is 318 g/mol. The quantitative estimate of drug-likeness (QED) is 0.578. The minimum absolute atomic E-state index is 0.0916. The maximum atomic E-state index is 6.08. The molecule has 0 amide bonds. The summed E-state index contributed by atoms with van der Waals surface area (Å²) >= 11 is 11.8. The van der Waals surface area contributed by atoms with Crippen molar-refractivity contribution in [1.29, 1.82) is 0 Å². The highest BCUT2D eigenvalue weighted by Gasteiger charge is 2.11. The summed E-state index contributed by atoms with van der Waals surface area (Å²) in [5.74, 6) is 0. The van der Waals surface area contributed by atoms with Gasteiger partial charge >= 0.3 is 0 Å². The summed E-state index contributed by atoms with van der Waals surface area (Å²) in [4.78, 5) is 16.6. The van der Waals surface area contributed by atoms with E-state index in [2.05, 4.69) is 19.9 Å². The van der Waals surface area contributed by atoms with E-state index in [9.17, 15) is 0 Å². The molecule has 0 fully saturated rings. The first-order valence-electron chi connectivity index (χ1n) is 6.01. The van der Waals surface area contributed by atoms with Gasteiger partial charge in [0.15, 0.2) is 0 Å². The number of nitrogens with two attached hydrogens (primary N) is 1. The molecule has 0 saturated carbocycles. The second-order valence-corrected chi connectivity index (χ2v) is 4.89. The topological polar surface area (TPSA) is 77.6 Å². The van der Waals surface area contributed by atoms with Crippen LogP contribution in [-0.2, 0) is 0 Å². The SMILES string of the molecule is Nc1cccnc1-c1cccc(-c2cnc(Cl)nc2Cl)n1.